The van der Waals surface area contributed by atoms with E-state index in [1.165, 1.54) is 37.7 Å². The van der Waals surface area contributed by atoms with E-state index in [0.29, 0.717) is 11.5 Å². The monoisotopic (exact) mass is 432 g/mol. The van der Waals surface area contributed by atoms with Crippen LogP contribution >= 0.6 is 0 Å². The van der Waals surface area contributed by atoms with Gasteiger partial charge in [-0.05, 0) is 81.7 Å². The summed E-state index contributed by atoms with van der Waals surface area (Å²) in [4.78, 5) is 16.6. The van der Waals surface area contributed by atoms with Gasteiger partial charge < -0.3 is 15.5 Å². The molecule has 0 bridgehead atoms. The Morgan fingerprint density at radius 1 is 1.16 bits per heavy atom. The highest BCUT2D eigenvalue weighted by molar-refractivity contribution is 6.05. The second kappa shape index (κ2) is 9.11. The summed E-state index contributed by atoms with van der Waals surface area (Å²) in [6.07, 6.45) is 6.82. The fraction of sp³-hybridized carbons (Fsp3) is 0.464. The molecule has 3 N–H and O–H groups in total. The molecule has 1 heterocycles. The van der Waals surface area contributed by atoms with Crippen molar-refractivity contribution in [3.63, 3.8) is 0 Å². The number of esters is 1. The first-order valence-electron chi connectivity index (χ1n) is 11.9. The first kappa shape index (κ1) is 22.6. The number of ether oxygens (including phenoxy) is 1. The van der Waals surface area contributed by atoms with Crippen LogP contribution in [0.4, 0.5) is 0 Å². The third kappa shape index (κ3) is 4.61. The molecule has 1 saturated carbocycles. The lowest BCUT2D eigenvalue weighted by molar-refractivity contribution is 0.0338. The van der Waals surface area contributed by atoms with Crippen molar-refractivity contribution >= 4 is 16.9 Å². The van der Waals surface area contributed by atoms with Gasteiger partial charge in [-0.3, -0.25) is 0 Å². The number of carbonyl (C=O) groups excluding carboxylic acids is 1. The maximum Gasteiger partial charge on any atom is 0.341 e. The standard InChI is InChI=1S/C28H36N2O2/c1-18-10-8-9-13-23(18)20(3)32-27(31)26-19(2)30-25-15-14-21(16-24(25)26)17-28(4,29)22-11-6-5-7-12-22/h8-10,13-16,20,22,30H,5-7,11-12,17,29H2,1-4H3. The van der Waals surface area contributed by atoms with Crippen molar-refractivity contribution in [3.05, 3.63) is 70.4 Å². The third-order valence-corrected chi connectivity index (χ3v) is 7.29. The Labute approximate surface area is 191 Å². The zero-order chi connectivity index (χ0) is 22.9. The minimum absolute atomic E-state index is 0.237. The molecule has 1 aliphatic rings. The number of hydrogen-bond acceptors (Lipinski definition) is 3. The van der Waals surface area contributed by atoms with Crippen molar-refractivity contribution < 1.29 is 9.53 Å². The predicted octanol–water partition coefficient (Wildman–Crippen LogP) is 6.54. The molecule has 0 radical (unpaired) electrons. The first-order valence-corrected chi connectivity index (χ1v) is 11.9. The summed E-state index contributed by atoms with van der Waals surface area (Å²) < 4.78 is 5.90. The van der Waals surface area contributed by atoms with E-state index in [9.17, 15) is 4.79 Å². The Kier molecular flexibility index (Phi) is 6.43. The lowest BCUT2D eigenvalue weighted by Crippen LogP contribution is -2.47. The van der Waals surface area contributed by atoms with Crippen molar-refractivity contribution in [1.82, 2.24) is 4.98 Å². The fourth-order valence-corrected chi connectivity index (χ4v) is 5.42. The summed E-state index contributed by atoms with van der Waals surface area (Å²) in [5, 5.41) is 0.918. The molecule has 32 heavy (non-hydrogen) atoms. The van der Waals surface area contributed by atoms with E-state index in [1.54, 1.807) is 0 Å². The number of benzene rings is 2. The normalized spacial score (nSPS) is 17.8. The van der Waals surface area contributed by atoms with Crippen molar-refractivity contribution in [1.29, 1.82) is 0 Å². The molecule has 2 atom stereocenters. The van der Waals surface area contributed by atoms with Crippen molar-refractivity contribution in [2.75, 3.05) is 0 Å². The smallest absolute Gasteiger partial charge is 0.341 e. The van der Waals surface area contributed by atoms with Gasteiger partial charge in [-0.1, -0.05) is 49.6 Å². The molecule has 0 saturated heterocycles. The van der Waals surface area contributed by atoms with Crippen LogP contribution in [0.5, 0.6) is 0 Å². The van der Waals surface area contributed by atoms with Crippen LogP contribution < -0.4 is 5.73 Å². The van der Waals surface area contributed by atoms with Crippen LogP contribution in [-0.2, 0) is 11.2 Å². The van der Waals surface area contributed by atoms with Gasteiger partial charge in [0.25, 0.3) is 0 Å². The number of nitrogens with one attached hydrogen (secondary N) is 1. The molecule has 0 aliphatic heterocycles. The highest BCUT2D eigenvalue weighted by Crippen LogP contribution is 2.34. The molecule has 4 nitrogen and oxygen atoms in total. The quantitative estimate of drug-likeness (QED) is 0.434. The van der Waals surface area contributed by atoms with Gasteiger partial charge in [0.2, 0.25) is 0 Å². The van der Waals surface area contributed by atoms with Gasteiger partial charge in [0, 0.05) is 22.1 Å². The average Bonchev–Trinajstić information content (AvgIpc) is 3.09. The van der Waals surface area contributed by atoms with Crippen molar-refractivity contribution in [2.24, 2.45) is 11.7 Å². The zero-order valence-electron chi connectivity index (χ0n) is 19.8. The number of aromatic nitrogens is 1. The van der Waals surface area contributed by atoms with Crippen molar-refractivity contribution in [3.8, 4) is 0 Å². The number of carbonyl (C=O) groups is 1. The largest absolute Gasteiger partial charge is 0.454 e. The third-order valence-electron chi connectivity index (χ3n) is 7.29. The number of nitrogens with two attached hydrogens (primary N) is 1. The van der Waals surface area contributed by atoms with Crippen LogP contribution in [0.1, 0.15) is 84.8 Å². The summed E-state index contributed by atoms with van der Waals surface area (Å²) in [6.45, 7) is 8.09. The Morgan fingerprint density at radius 3 is 2.59 bits per heavy atom. The van der Waals surface area contributed by atoms with Crippen LogP contribution in [0.2, 0.25) is 0 Å². The molecule has 3 aromatic rings. The lowest BCUT2D eigenvalue weighted by Gasteiger charge is -2.37. The average molecular weight is 433 g/mol. The van der Waals surface area contributed by atoms with Gasteiger partial charge in [0.05, 0.1) is 5.56 Å². The number of hydrogen-bond donors (Lipinski definition) is 2. The van der Waals surface area contributed by atoms with Crippen LogP contribution in [0.3, 0.4) is 0 Å². The highest BCUT2D eigenvalue weighted by atomic mass is 16.5. The molecule has 4 rings (SSSR count). The molecule has 4 heteroatoms. The number of rotatable bonds is 6. The molecular weight excluding hydrogens is 396 g/mol. The number of H-pyrrole nitrogens is 1. The summed E-state index contributed by atoms with van der Waals surface area (Å²) in [5.41, 5.74) is 12.3. The minimum atomic E-state index is -0.310. The van der Waals surface area contributed by atoms with E-state index < -0.39 is 0 Å². The molecule has 0 amide bonds. The van der Waals surface area contributed by atoms with Gasteiger partial charge in [0.1, 0.15) is 6.10 Å². The predicted molar refractivity (Wildman–Crippen MR) is 131 cm³/mol. The van der Waals surface area contributed by atoms with Crippen LogP contribution in [0, 0.1) is 19.8 Å². The molecular formula is C28H36N2O2. The van der Waals surface area contributed by atoms with E-state index in [0.717, 1.165) is 34.1 Å². The SMILES string of the molecule is Cc1ccccc1C(C)OC(=O)c1c(C)[nH]c2ccc(CC(C)(N)C3CCCCC3)cc12. The van der Waals surface area contributed by atoms with Gasteiger partial charge in [-0.25, -0.2) is 4.79 Å². The lowest BCUT2D eigenvalue weighted by atomic mass is 9.73. The maximum atomic E-state index is 13.2. The molecule has 1 aromatic heterocycles. The summed E-state index contributed by atoms with van der Waals surface area (Å²) in [6, 6.07) is 14.4. The summed E-state index contributed by atoms with van der Waals surface area (Å²) in [5.74, 6) is 0.267. The molecule has 170 valence electrons. The van der Waals surface area contributed by atoms with E-state index in [4.69, 9.17) is 10.5 Å². The Bertz CT molecular complexity index is 1110. The number of fused-ring (bicyclic) bond motifs is 1. The molecule has 1 aliphatic carbocycles. The van der Waals surface area contributed by atoms with Crippen molar-refractivity contribution in [2.45, 2.75) is 77.9 Å². The topological polar surface area (TPSA) is 68.1 Å². The van der Waals surface area contributed by atoms with E-state index >= 15 is 0 Å². The van der Waals surface area contributed by atoms with Crippen LogP contribution in [0.25, 0.3) is 10.9 Å². The first-order chi connectivity index (χ1) is 15.3. The van der Waals surface area contributed by atoms with E-state index in [2.05, 4.69) is 30.1 Å². The molecule has 2 aromatic carbocycles. The number of aryl methyl sites for hydroxylation is 2. The minimum Gasteiger partial charge on any atom is -0.454 e. The fourth-order valence-electron chi connectivity index (χ4n) is 5.42. The Hall–Kier alpha value is -2.59. The number of aromatic amines is 1. The van der Waals surface area contributed by atoms with Crippen LogP contribution in [0.15, 0.2) is 42.5 Å². The summed E-state index contributed by atoms with van der Waals surface area (Å²) in [7, 11) is 0. The zero-order valence-corrected chi connectivity index (χ0v) is 19.8. The Balaban J connectivity index is 1.59. The molecule has 2 unspecified atom stereocenters. The second-order valence-corrected chi connectivity index (χ2v) is 9.93. The van der Waals surface area contributed by atoms with Gasteiger partial charge in [-0.15, -0.1) is 0 Å². The Morgan fingerprint density at radius 2 is 1.88 bits per heavy atom. The van der Waals surface area contributed by atoms with E-state index in [-0.39, 0.29) is 17.6 Å². The molecule has 0 spiro atoms. The van der Waals surface area contributed by atoms with Gasteiger partial charge in [-0.2, -0.15) is 0 Å². The second-order valence-electron chi connectivity index (χ2n) is 9.93. The summed E-state index contributed by atoms with van der Waals surface area (Å²) >= 11 is 0. The maximum absolute atomic E-state index is 13.2. The van der Waals surface area contributed by atoms with E-state index in [1.807, 2.05) is 45.0 Å². The van der Waals surface area contributed by atoms with Gasteiger partial charge in [0.15, 0.2) is 0 Å². The molecule has 1 fully saturated rings. The highest BCUT2D eigenvalue weighted by Gasteiger charge is 2.31. The van der Waals surface area contributed by atoms with Gasteiger partial charge >= 0.3 is 5.97 Å². The van der Waals surface area contributed by atoms with Crippen LogP contribution in [-0.4, -0.2) is 16.5 Å².